The van der Waals surface area contributed by atoms with Gasteiger partial charge in [0.05, 0.1) is 7.11 Å². The smallest absolute Gasteiger partial charge is 0.276 e. The van der Waals surface area contributed by atoms with Gasteiger partial charge in [0.25, 0.3) is 11.8 Å². The van der Waals surface area contributed by atoms with Crippen molar-refractivity contribution in [1.29, 1.82) is 0 Å². The van der Waals surface area contributed by atoms with Gasteiger partial charge in [0.1, 0.15) is 6.10 Å². The fourth-order valence-electron chi connectivity index (χ4n) is 1.91. The molecule has 0 unspecified atom stereocenters. The predicted octanol–water partition coefficient (Wildman–Crippen LogP) is 0.400. The van der Waals surface area contributed by atoms with E-state index in [2.05, 4.69) is 10.9 Å². The standard InChI is InChI=1S/C14H18N2O5/c1-19-10-5-2-3-6-11(10)21-9-13(17)15-16-14(18)12-7-4-8-20-12/h2-3,5-6,12H,4,7-9H2,1H3,(H,15,17)(H,16,18)/t12-/m1/s1. The molecule has 114 valence electrons. The number of hydrogen-bond donors (Lipinski definition) is 2. The molecule has 1 heterocycles. The van der Waals surface area contributed by atoms with Crippen molar-refractivity contribution in [2.75, 3.05) is 20.3 Å². The lowest BCUT2D eigenvalue weighted by molar-refractivity contribution is -0.135. The molecule has 2 rings (SSSR count). The summed E-state index contributed by atoms with van der Waals surface area (Å²) in [6.07, 6.45) is 1.03. The number of para-hydroxylation sites is 2. The second-order valence-corrected chi connectivity index (χ2v) is 4.48. The van der Waals surface area contributed by atoms with Gasteiger partial charge in [-0.2, -0.15) is 0 Å². The van der Waals surface area contributed by atoms with Gasteiger partial charge in [-0.05, 0) is 25.0 Å². The van der Waals surface area contributed by atoms with Crippen molar-refractivity contribution in [3.63, 3.8) is 0 Å². The van der Waals surface area contributed by atoms with Crippen molar-refractivity contribution in [2.45, 2.75) is 18.9 Å². The van der Waals surface area contributed by atoms with E-state index in [1.54, 1.807) is 24.3 Å². The van der Waals surface area contributed by atoms with E-state index in [1.165, 1.54) is 7.11 Å². The number of methoxy groups -OCH3 is 1. The molecule has 2 N–H and O–H groups in total. The molecular weight excluding hydrogens is 276 g/mol. The molecule has 1 aromatic rings. The molecule has 1 aromatic carbocycles. The Morgan fingerprint density at radius 1 is 1.29 bits per heavy atom. The van der Waals surface area contributed by atoms with Gasteiger partial charge in [-0.15, -0.1) is 0 Å². The van der Waals surface area contributed by atoms with Gasteiger partial charge >= 0.3 is 0 Å². The molecule has 2 amide bonds. The summed E-state index contributed by atoms with van der Waals surface area (Å²) in [5.41, 5.74) is 4.60. The van der Waals surface area contributed by atoms with Crippen LogP contribution in [0.2, 0.25) is 0 Å². The number of benzene rings is 1. The fourth-order valence-corrected chi connectivity index (χ4v) is 1.91. The maximum absolute atomic E-state index is 11.6. The van der Waals surface area contributed by atoms with E-state index in [9.17, 15) is 9.59 Å². The van der Waals surface area contributed by atoms with Crippen LogP contribution in [0.5, 0.6) is 11.5 Å². The first-order chi connectivity index (χ1) is 10.2. The SMILES string of the molecule is COc1ccccc1OCC(=O)NNC(=O)[C@H]1CCCO1. The highest BCUT2D eigenvalue weighted by Gasteiger charge is 2.23. The summed E-state index contributed by atoms with van der Waals surface area (Å²) >= 11 is 0. The summed E-state index contributed by atoms with van der Waals surface area (Å²) in [5.74, 6) is 0.180. The number of nitrogens with one attached hydrogen (secondary N) is 2. The highest BCUT2D eigenvalue weighted by molar-refractivity contribution is 5.85. The molecule has 0 radical (unpaired) electrons. The van der Waals surface area contributed by atoms with Gasteiger partial charge in [0, 0.05) is 6.61 Å². The van der Waals surface area contributed by atoms with Crippen molar-refractivity contribution in [1.82, 2.24) is 10.9 Å². The third-order valence-corrected chi connectivity index (χ3v) is 2.98. The van der Waals surface area contributed by atoms with E-state index >= 15 is 0 Å². The number of hydrogen-bond acceptors (Lipinski definition) is 5. The van der Waals surface area contributed by atoms with Crippen LogP contribution < -0.4 is 20.3 Å². The minimum Gasteiger partial charge on any atom is -0.493 e. The Hall–Kier alpha value is -2.28. The molecule has 1 saturated heterocycles. The van der Waals surface area contributed by atoms with Gasteiger partial charge in [-0.1, -0.05) is 12.1 Å². The lowest BCUT2D eigenvalue weighted by Crippen LogP contribution is -2.47. The first-order valence-corrected chi connectivity index (χ1v) is 6.67. The second kappa shape index (κ2) is 7.49. The molecule has 1 aliphatic heterocycles. The number of hydrazine groups is 1. The van der Waals surface area contributed by atoms with Crippen LogP contribution in [0.3, 0.4) is 0 Å². The summed E-state index contributed by atoms with van der Waals surface area (Å²) in [7, 11) is 1.52. The molecule has 1 aliphatic rings. The zero-order valence-electron chi connectivity index (χ0n) is 11.8. The van der Waals surface area contributed by atoms with E-state index in [4.69, 9.17) is 14.2 Å². The van der Waals surface area contributed by atoms with Gasteiger partial charge in [0.2, 0.25) is 0 Å². The average Bonchev–Trinajstić information content (AvgIpc) is 3.05. The molecule has 1 atom stereocenters. The van der Waals surface area contributed by atoms with Crippen molar-refractivity contribution < 1.29 is 23.8 Å². The molecule has 0 aromatic heterocycles. The largest absolute Gasteiger partial charge is 0.493 e. The van der Waals surface area contributed by atoms with E-state index < -0.39 is 12.0 Å². The van der Waals surface area contributed by atoms with Crippen LogP contribution in [0.4, 0.5) is 0 Å². The summed E-state index contributed by atoms with van der Waals surface area (Å²) in [4.78, 5) is 23.2. The molecule has 0 aliphatic carbocycles. The minimum absolute atomic E-state index is 0.230. The van der Waals surface area contributed by atoms with E-state index in [0.717, 1.165) is 6.42 Å². The first kappa shape index (κ1) is 15.1. The summed E-state index contributed by atoms with van der Waals surface area (Å²) in [6.45, 7) is 0.342. The van der Waals surface area contributed by atoms with E-state index in [0.29, 0.717) is 24.5 Å². The first-order valence-electron chi connectivity index (χ1n) is 6.67. The molecule has 7 heteroatoms. The van der Waals surface area contributed by atoms with Crippen molar-refractivity contribution in [3.05, 3.63) is 24.3 Å². The quantitative estimate of drug-likeness (QED) is 0.768. The molecule has 21 heavy (non-hydrogen) atoms. The average molecular weight is 294 g/mol. The normalized spacial score (nSPS) is 17.1. The number of carbonyl (C=O) groups is 2. The van der Waals surface area contributed by atoms with Gasteiger partial charge < -0.3 is 14.2 Å². The fraction of sp³-hybridized carbons (Fsp3) is 0.429. The molecule has 0 saturated carbocycles. The number of ether oxygens (including phenoxy) is 3. The zero-order chi connectivity index (χ0) is 15.1. The van der Waals surface area contributed by atoms with Crippen LogP contribution in [0.25, 0.3) is 0 Å². The van der Waals surface area contributed by atoms with Gasteiger partial charge in [-0.25, -0.2) is 0 Å². The van der Waals surface area contributed by atoms with Crippen LogP contribution in [-0.4, -0.2) is 38.2 Å². The third kappa shape index (κ3) is 4.35. The summed E-state index contributed by atoms with van der Waals surface area (Å²) in [6, 6.07) is 6.99. The Morgan fingerprint density at radius 3 is 2.71 bits per heavy atom. The highest BCUT2D eigenvalue weighted by atomic mass is 16.5. The molecule has 1 fully saturated rings. The Kier molecular flexibility index (Phi) is 5.39. The highest BCUT2D eigenvalue weighted by Crippen LogP contribution is 2.25. The lowest BCUT2D eigenvalue weighted by atomic mass is 10.2. The number of carbonyl (C=O) groups excluding carboxylic acids is 2. The Balaban J connectivity index is 1.73. The van der Waals surface area contributed by atoms with Crippen molar-refractivity contribution in [2.24, 2.45) is 0 Å². The molecule has 0 bridgehead atoms. The predicted molar refractivity (Wildman–Crippen MR) is 73.7 cm³/mol. The van der Waals surface area contributed by atoms with Crippen LogP contribution in [0.15, 0.2) is 24.3 Å². The Labute approximate surface area is 122 Å². The van der Waals surface area contributed by atoms with E-state index in [-0.39, 0.29) is 12.5 Å². The summed E-state index contributed by atoms with van der Waals surface area (Å²) in [5, 5.41) is 0. The van der Waals surface area contributed by atoms with E-state index in [1.807, 2.05) is 0 Å². The van der Waals surface area contributed by atoms with Gasteiger partial charge in [-0.3, -0.25) is 20.4 Å². The molecular formula is C14H18N2O5. The number of rotatable bonds is 5. The van der Waals surface area contributed by atoms with Crippen LogP contribution in [0.1, 0.15) is 12.8 Å². The van der Waals surface area contributed by atoms with Gasteiger partial charge in [0.15, 0.2) is 18.1 Å². The van der Waals surface area contributed by atoms with Crippen LogP contribution in [0, 0.1) is 0 Å². The Bertz CT molecular complexity index is 500. The summed E-state index contributed by atoms with van der Waals surface area (Å²) < 4.78 is 15.6. The maximum Gasteiger partial charge on any atom is 0.276 e. The molecule has 0 spiro atoms. The second-order valence-electron chi connectivity index (χ2n) is 4.48. The van der Waals surface area contributed by atoms with Crippen LogP contribution in [-0.2, 0) is 14.3 Å². The van der Waals surface area contributed by atoms with Crippen molar-refractivity contribution in [3.8, 4) is 11.5 Å². The lowest BCUT2D eigenvalue weighted by Gasteiger charge is -2.12. The van der Waals surface area contributed by atoms with Crippen LogP contribution >= 0.6 is 0 Å². The minimum atomic E-state index is -0.486. The third-order valence-electron chi connectivity index (χ3n) is 2.98. The maximum atomic E-state index is 11.6. The number of amides is 2. The molecule has 7 nitrogen and oxygen atoms in total. The van der Waals surface area contributed by atoms with Crippen molar-refractivity contribution >= 4 is 11.8 Å². The monoisotopic (exact) mass is 294 g/mol. The zero-order valence-corrected chi connectivity index (χ0v) is 11.8. The topological polar surface area (TPSA) is 85.9 Å². The Morgan fingerprint density at radius 2 is 2.05 bits per heavy atom.